The van der Waals surface area contributed by atoms with Crippen molar-refractivity contribution in [1.82, 2.24) is 4.98 Å². The van der Waals surface area contributed by atoms with E-state index in [1.165, 1.54) is 6.08 Å². The van der Waals surface area contributed by atoms with Crippen LogP contribution in [0.3, 0.4) is 0 Å². The van der Waals surface area contributed by atoms with Crippen LogP contribution in [0.15, 0.2) is 54.1 Å². The number of aromatic amines is 1. The zero-order chi connectivity index (χ0) is 19.4. The third-order valence-electron chi connectivity index (χ3n) is 4.03. The molecule has 3 rings (SSSR count). The highest BCUT2D eigenvalue weighted by Crippen LogP contribution is 2.25. The number of ether oxygens (including phenoxy) is 1. The van der Waals surface area contributed by atoms with E-state index >= 15 is 0 Å². The van der Waals surface area contributed by atoms with Crippen LogP contribution in [0.2, 0.25) is 0 Å². The number of ketones is 1. The number of rotatable bonds is 6. The highest BCUT2D eigenvalue weighted by Gasteiger charge is 2.19. The molecule has 0 radical (unpaired) electrons. The Morgan fingerprint density at radius 2 is 1.89 bits per heavy atom. The van der Waals surface area contributed by atoms with E-state index in [9.17, 15) is 20.0 Å². The minimum absolute atomic E-state index is 0.00579. The van der Waals surface area contributed by atoms with Gasteiger partial charge in [0.1, 0.15) is 24.0 Å². The third kappa shape index (κ3) is 3.88. The molecule has 6 nitrogen and oxygen atoms in total. The van der Waals surface area contributed by atoms with E-state index < -0.39 is 12.6 Å². The number of carboxylic acid groups (broad SMARTS) is 1. The zero-order valence-corrected chi connectivity index (χ0v) is 14.5. The van der Waals surface area contributed by atoms with Crippen LogP contribution in [-0.4, -0.2) is 23.3 Å². The lowest BCUT2D eigenvalue weighted by Gasteiger charge is -2.06. The number of para-hydroxylation sites is 1. The number of nitrogens with zero attached hydrogens (tertiary/aromatic N) is 1. The first kappa shape index (κ1) is 18.0. The quantitative estimate of drug-likeness (QED) is 0.413. The van der Waals surface area contributed by atoms with Gasteiger partial charge in [-0.3, -0.25) is 4.79 Å². The molecular weight excluding hydrogens is 344 g/mol. The van der Waals surface area contributed by atoms with Crippen LogP contribution in [-0.2, 0) is 4.79 Å². The van der Waals surface area contributed by atoms with Crippen molar-refractivity contribution in [1.29, 1.82) is 5.26 Å². The number of aromatic nitrogens is 1. The predicted molar refractivity (Wildman–Crippen MR) is 97.9 cm³/mol. The lowest BCUT2D eigenvalue weighted by Crippen LogP contribution is -2.28. The van der Waals surface area contributed by atoms with Crippen LogP contribution in [0.5, 0.6) is 5.75 Å². The first-order chi connectivity index (χ1) is 13.0. The molecule has 0 atom stereocenters. The molecule has 3 aromatic rings. The second-order valence-corrected chi connectivity index (χ2v) is 5.90. The fourth-order valence-corrected chi connectivity index (χ4v) is 2.82. The van der Waals surface area contributed by atoms with Gasteiger partial charge in [-0.1, -0.05) is 30.3 Å². The normalized spacial score (nSPS) is 11.2. The smallest absolute Gasteiger partial charge is 0.205 e. The molecule has 0 amide bonds. The summed E-state index contributed by atoms with van der Waals surface area (Å²) >= 11 is 0. The van der Waals surface area contributed by atoms with Crippen molar-refractivity contribution in [2.24, 2.45) is 0 Å². The predicted octanol–water partition coefficient (Wildman–Crippen LogP) is 2.39. The highest BCUT2D eigenvalue weighted by molar-refractivity contribution is 6.20. The van der Waals surface area contributed by atoms with Crippen LogP contribution in [0.25, 0.3) is 17.0 Å². The van der Waals surface area contributed by atoms with Gasteiger partial charge in [-0.2, -0.15) is 5.26 Å². The Morgan fingerprint density at radius 1 is 1.19 bits per heavy atom. The number of nitrogens with one attached hydrogen (secondary N) is 1. The summed E-state index contributed by atoms with van der Waals surface area (Å²) in [6, 6.07) is 15.8. The summed E-state index contributed by atoms with van der Waals surface area (Å²) in [4.78, 5) is 26.5. The molecule has 1 heterocycles. The first-order valence-electron chi connectivity index (χ1n) is 8.16. The van der Waals surface area contributed by atoms with E-state index in [0.29, 0.717) is 22.6 Å². The number of hydrogen-bond donors (Lipinski definition) is 1. The summed E-state index contributed by atoms with van der Waals surface area (Å²) in [7, 11) is 0. The van der Waals surface area contributed by atoms with Gasteiger partial charge >= 0.3 is 0 Å². The Kier molecular flexibility index (Phi) is 5.04. The van der Waals surface area contributed by atoms with Crippen molar-refractivity contribution >= 4 is 28.7 Å². The highest BCUT2D eigenvalue weighted by atomic mass is 16.5. The minimum atomic E-state index is -1.31. The second kappa shape index (κ2) is 7.58. The number of nitriles is 1. The molecule has 0 bridgehead atoms. The Hall–Kier alpha value is -3.85. The molecule has 2 aromatic carbocycles. The summed E-state index contributed by atoms with van der Waals surface area (Å²) in [5, 5.41) is 20.7. The van der Waals surface area contributed by atoms with Crippen LogP contribution in [0.4, 0.5) is 0 Å². The molecule has 0 saturated heterocycles. The lowest BCUT2D eigenvalue weighted by molar-refractivity contribution is -0.307. The van der Waals surface area contributed by atoms with Gasteiger partial charge in [-0.15, -0.1) is 0 Å². The van der Waals surface area contributed by atoms with Crippen LogP contribution in [0.1, 0.15) is 21.6 Å². The largest absolute Gasteiger partial charge is 0.546 e. The molecule has 0 aliphatic heterocycles. The van der Waals surface area contributed by atoms with E-state index in [1.807, 2.05) is 30.3 Å². The molecule has 1 aromatic heterocycles. The van der Waals surface area contributed by atoms with Crippen molar-refractivity contribution in [3.05, 3.63) is 70.9 Å². The SMILES string of the molecule is Cc1[nH]c2ccccc2c1C(=O)/C(C#N)=C/c1ccc(OCC(=O)[O-])cc1. The molecule has 0 unspecified atom stereocenters. The number of aryl methyl sites for hydroxylation is 1. The fourth-order valence-electron chi connectivity index (χ4n) is 2.82. The van der Waals surface area contributed by atoms with Gasteiger partial charge in [0.05, 0.1) is 11.5 Å². The van der Waals surface area contributed by atoms with Gasteiger partial charge in [0.25, 0.3) is 0 Å². The zero-order valence-electron chi connectivity index (χ0n) is 14.5. The minimum Gasteiger partial charge on any atom is -0.546 e. The van der Waals surface area contributed by atoms with Crippen LogP contribution >= 0.6 is 0 Å². The van der Waals surface area contributed by atoms with E-state index in [-0.39, 0.29) is 11.4 Å². The molecule has 0 aliphatic carbocycles. The number of aliphatic carboxylic acids is 1. The summed E-state index contributed by atoms with van der Waals surface area (Å²) in [6.45, 7) is 1.25. The molecule has 0 aliphatic rings. The number of allylic oxidation sites excluding steroid dienone is 1. The van der Waals surface area contributed by atoms with Gasteiger partial charge in [0, 0.05) is 16.6 Å². The van der Waals surface area contributed by atoms with E-state index in [4.69, 9.17) is 4.74 Å². The Labute approximate surface area is 155 Å². The number of hydrogen-bond acceptors (Lipinski definition) is 5. The maximum atomic E-state index is 12.9. The van der Waals surface area contributed by atoms with E-state index in [1.54, 1.807) is 31.2 Å². The van der Waals surface area contributed by atoms with Crippen molar-refractivity contribution in [3.63, 3.8) is 0 Å². The van der Waals surface area contributed by atoms with E-state index in [0.717, 1.165) is 10.9 Å². The number of carboxylic acids is 1. The van der Waals surface area contributed by atoms with Crippen LogP contribution in [0, 0.1) is 18.3 Å². The summed E-state index contributed by atoms with van der Waals surface area (Å²) in [5.41, 5.74) is 2.65. The standard InChI is InChI=1S/C21H16N2O4/c1-13-20(17-4-2-3-5-18(17)23-13)21(26)15(11-22)10-14-6-8-16(9-7-14)27-12-19(24)25/h2-10,23H,12H2,1H3,(H,24,25)/p-1/b15-10+. The number of fused-ring (bicyclic) bond motifs is 1. The monoisotopic (exact) mass is 359 g/mol. The molecular formula is C21H15N2O4-. The van der Waals surface area contributed by atoms with Crippen molar-refractivity contribution in [3.8, 4) is 11.8 Å². The second-order valence-electron chi connectivity index (χ2n) is 5.90. The molecule has 0 spiro atoms. The molecule has 1 N–H and O–H groups in total. The average molecular weight is 359 g/mol. The molecule has 134 valence electrons. The summed E-state index contributed by atoms with van der Waals surface area (Å²) in [5.74, 6) is -1.32. The fraction of sp³-hybridized carbons (Fsp3) is 0.0952. The topological polar surface area (TPSA) is 106 Å². The van der Waals surface area contributed by atoms with Gasteiger partial charge in [0.15, 0.2) is 0 Å². The average Bonchev–Trinajstić information content (AvgIpc) is 3.00. The summed E-state index contributed by atoms with van der Waals surface area (Å²) < 4.78 is 5.01. The lowest BCUT2D eigenvalue weighted by atomic mass is 9.99. The van der Waals surface area contributed by atoms with Gasteiger partial charge in [-0.05, 0) is 36.8 Å². The number of carbonyl (C=O) groups is 2. The van der Waals surface area contributed by atoms with Gasteiger partial charge < -0.3 is 19.6 Å². The van der Waals surface area contributed by atoms with Gasteiger partial charge in [0.2, 0.25) is 5.78 Å². The maximum Gasteiger partial charge on any atom is 0.205 e. The number of Topliss-reactive ketones (excluding diaryl/α,β-unsaturated/α-hetero) is 1. The van der Waals surface area contributed by atoms with Gasteiger partial charge in [-0.25, -0.2) is 0 Å². The number of benzene rings is 2. The molecule has 27 heavy (non-hydrogen) atoms. The van der Waals surface area contributed by atoms with Crippen LogP contribution < -0.4 is 9.84 Å². The van der Waals surface area contributed by atoms with Crippen molar-refractivity contribution < 1.29 is 19.4 Å². The Balaban J connectivity index is 1.90. The van der Waals surface area contributed by atoms with Crippen molar-refractivity contribution in [2.75, 3.05) is 6.61 Å². The maximum absolute atomic E-state index is 12.9. The third-order valence-corrected chi connectivity index (χ3v) is 4.03. The van der Waals surface area contributed by atoms with Crippen molar-refractivity contribution in [2.45, 2.75) is 6.92 Å². The molecule has 6 heteroatoms. The molecule has 0 saturated carbocycles. The first-order valence-corrected chi connectivity index (χ1v) is 8.16. The Bertz CT molecular complexity index is 1090. The number of H-pyrrole nitrogens is 1. The summed E-state index contributed by atoms with van der Waals surface area (Å²) in [6.07, 6.45) is 1.49. The Morgan fingerprint density at radius 3 is 2.56 bits per heavy atom. The van der Waals surface area contributed by atoms with E-state index in [2.05, 4.69) is 4.98 Å². The molecule has 0 fully saturated rings. The number of carbonyl (C=O) groups excluding carboxylic acids is 2.